The minimum Gasteiger partial charge on any atom is -0.444 e. The van der Waals surface area contributed by atoms with Gasteiger partial charge in [0.2, 0.25) is 0 Å². The predicted octanol–water partition coefficient (Wildman–Crippen LogP) is 2.43. The van der Waals surface area contributed by atoms with E-state index in [0.29, 0.717) is 16.3 Å². The van der Waals surface area contributed by atoms with Gasteiger partial charge in [-0.3, -0.25) is 4.79 Å². The maximum atomic E-state index is 12.2. The Labute approximate surface area is 120 Å². The third-order valence-corrected chi connectivity index (χ3v) is 3.66. The molecule has 1 fully saturated rings. The Kier molecular flexibility index (Phi) is 5.09. The van der Waals surface area contributed by atoms with Gasteiger partial charge in [0.05, 0.1) is 0 Å². The van der Waals surface area contributed by atoms with Gasteiger partial charge in [-0.25, -0.2) is 0 Å². The number of carbonyl (C=O) groups excluding carboxylic acids is 1. The lowest BCUT2D eigenvalue weighted by molar-refractivity contribution is 0.0728. The van der Waals surface area contributed by atoms with Gasteiger partial charge in [-0.15, -0.1) is 11.6 Å². The fourth-order valence-electron chi connectivity index (χ4n) is 2.10. The van der Waals surface area contributed by atoms with Crippen molar-refractivity contribution in [3.8, 4) is 0 Å². The van der Waals surface area contributed by atoms with E-state index in [1.54, 1.807) is 12.1 Å². The quantitative estimate of drug-likeness (QED) is 0.796. The summed E-state index contributed by atoms with van der Waals surface area (Å²) in [7, 11) is 0. The van der Waals surface area contributed by atoms with Crippen molar-refractivity contribution in [1.82, 2.24) is 9.80 Å². The van der Waals surface area contributed by atoms with Gasteiger partial charge in [0.1, 0.15) is 0 Å². The Hall–Kier alpha value is -0.520. The van der Waals surface area contributed by atoms with E-state index in [0.717, 1.165) is 39.1 Å². The molecule has 0 aromatic carbocycles. The smallest absolute Gasteiger partial charge is 0.289 e. The molecular weight excluding hydrogens is 320 g/mol. The highest BCUT2D eigenvalue weighted by atomic mass is 79.9. The van der Waals surface area contributed by atoms with Crippen molar-refractivity contribution in [2.75, 3.05) is 38.6 Å². The minimum atomic E-state index is -0.0339. The highest BCUT2D eigenvalue weighted by Crippen LogP contribution is 2.16. The highest BCUT2D eigenvalue weighted by Gasteiger charge is 2.22. The van der Waals surface area contributed by atoms with Crippen LogP contribution in [-0.2, 0) is 0 Å². The maximum Gasteiger partial charge on any atom is 0.289 e. The number of furan rings is 1. The first-order chi connectivity index (χ1) is 8.70. The number of amides is 1. The van der Waals surface area contributed by atoms with Gasteiger partial charge < -0.3 is 14.2 Å². The van der Waals surface area contributed by atoms with E-state index in [2.05, 4.69) is 20.8 Å². The van der Waals surface area contributed by atoms with Crippen LogP contribution in [0.1, 0.15) is 17.0 Å². The first kappa shape index (κ1) is 13.9. The van der Waals surface area contributed by atoms with E-state index in [1.807, 2.05) is 4.90 Å². The molecule has 0 bridgehead atoms. The first-order valence-electron chi connectivity index (χ1n) is 6.03. The van der Waals surface area contributed by atoms with Crippen LogP contribution in [0.2, 0.25) is 0 Å². The number of nitrogens with zero attached hydrogens (tertiary/aromatic N) is 2. The molecule has 1 amide bonds. The van der Waals surface area contributed by atoms with Crippen LogP contribution in [0.3, 0.4) is 0 Å². The van der Waals surface area contributed by atoms with Crippen LogP contribution in [0, 0.1) is 0 Å². The molecule has 1 saturated heterocycles. The van der Waals surface area contributed by atoms with Gasteiger partial charge in [-0.2, -0.15) is 0 Å². The molecule has 2 rings (SSSR count). The lowest BCUT2D eigenvalue weighted by atomic mass is 10.3. The van der Waals surface area contributed by atoms with Crippen molar-refractivity contribution in [2.45, 2.75) is 6.42 Å². The van der Waals surface area contributed by atoms with Crippen molar-refractivity contribution in [2.24, 2.45) is 0 Å². The second-order valence-corrected chi connectivity index (χ2v) is 5.44. The van der Waals surface area contributed by atoms with Crippen LogP contribution in [0.15, 0.2) is 21.2 Å². The summed E-state index contributed by atoms with van der Waals surface area (Å²) in [4.78, 5) is 16.3. The fourth-order valence-corrected chi connectivity index (χ4v) is 2.65. The van der Waals surface area contributed by atoms with E-state index in [9.17, 15) is 4.79 Å². The Bertz CT molecular complexity index is 411. The van der Waals surface area contributed by atoms with E-state index >= 15 is 0 Å². The molecule has 0 radical (unpaired) electrons. The zero-order valence-corrected chi connectivity index (χ0v) is 12.4. The second-order valence-electron chi connectivity index (χ2n) is 4.28. The van der Waals surface area contributed by atoms with Crippen LogP contribution in [0.5, 0.6) is 0 Å². The molecule has 1 aromatic heterocycles. The van der Waals surface area contributed by atoms with E-state index < -0.39 is 0 Å². The third kappa shape index (κ3) is 3.49. The van der Waals surface area contributed by atoms with Gasteiger partial charge in [-0.05, 0) is 41.0 Å². The summed E-state index contributed by atoms with van der Waals surface area (Å²) in [5, 5.41) is 0. The molecule has 0 unspecified atom stereocenters. The van der Waals surface area contributed by atoms with Crippen LogP contribution >= 0.6 is 27.5 Å². The summed E-state index contributed by atoms with van der Waals surface area (Å²) in [6.45, 7) is 4.26. The van der Waals surface area contributed by atoms with Crippen LogP contribution in [0.4, 0.5) is 0 Å². The number of hydrogen-bond acceptors (Lipinski definition) is 3. The summed E-state index contributed by atoms with van der Waals surface area (Å²) in [6.07, 6.45) is 0.977. The number of carbonyl (C=O) groups is 1. The zero-order chi connectivity index (χ0) is 13.0. The normalized spacial score (nSPS) is 17.8. The summed E-state index contributed by atoms with van der Waals surface area (Å²) >= 11 is 8.95. The molecule has 0 atom stereocenters. The SMILES string of the molecule is O=C(c1ccc(Br)o1)N1CCCN(CCCl)CC1. The first-order valence-corrected chi connectivity index (χ1v) is 7.36. The molecule has 0 spiro atoms. The van der Waals surface area contributed by atoms with Gasteiger partial charge >= 0.3 is 0 Å². The van der Waals surface area contributed by atoms with Crippen molar-refractivity contribution >= 4 is 33.4 Å². The van der Waals surface area contributed by atoms with Gasteiger partial charge in [0, 0.05) is 32.1 Å². The van der Waals surface area contributed by atoms with Crippen LogP contribution in [0.25, 0.3) is 0 Å². The molecule has 1 aliphatic rings. The van der Waals surface area contributed by atoms with Crippen molar-refractivity contribution in [3.05, 3.63) is 22.6 Å². The molecule has 4 nitrogen and oxygen atoms in total. The Balaban J connectivity index is 1.95. The van der Waals surface area contributed by atoms with Crippen LogP contribution in [-0.4, -0.2) is 54.3 Å². The minimum absolute atomic E-state index is 0.0339. The number of rotatable bonds is 3. The zero-order valence-electron chi connectivity index (χ0n) is 10.1. The standard InChI is InChI=1S/C12H16BrClN2O2/c13-11-3-2-10(18-11)12(17)16-6-1-5-15(7-4-14)8-9-16/h2-3H,1,4-9H2. The third-order valence-electron chi connectivity index (χ3n) is 3.06. The average molecular weight is 336 g/mol. The van der Waals surface area contributed by atoms with Crippen molar-refractivity contribution in [3.63, 3.8) is 0 Å². The summed E-state index contributed by atoms with van der Waals surface area (Å²) in [5.41, 5.74) is 0. The Morgan fingerprint density at radius 1 is 1.33 bits per heavy atom. The number of alkyl halides is 1. The monoisotopic (exact) mass is 334 g/mol. The largest absolute Gasteiger partial charge is 0.444 e. The summed E-state index contributed by atoms with van der Waals surface area (Å²) in [5.74, 6) is 1.00. The summed E-state index contributed by atoms with van der Waals surface area (Å²) < 4.78 is 5.89. The van der Waals surface area contributed by atoms with Gasteiger partial charge in [0.15, 0.2) is 10.4 Å². The molecule has 6 heteroatoms. The van der Waals surface area contributed by atoms with Gasteiger partial charge in [-0.1, -0.05) is 0 Å². The average Bonchev–Trinajstić information content (AvgIpc) is 2.65. The Morgan fingerprint density at radius 3 is 2.83 bits per heavy atom. The van der Waals surface area contributed by atoms with E-state index in [-0.39, 0.29) is 5.91 Å². The highest BCUT2D eigenvalue weighted by molar-refractivity contribution is 9.10. The molecule has 0 aliphatic carbocycles. The van der Waals surface area contributed by atoms with E-state index in [4.69, 9.17) is 16.0 Å². The summed E-state index contributed by atoms with van der Waals surface area (Å²) in [6, 6.07) is 3.44. The molecule has 0 N–H and O–H groups in total. The second kappa shape index (κ2) is 6.59. The Morgan fingerprint density at radius 2 is 2.17 bits per heavy atom. The van der Waals surface area contributed by atoms with Gasteiger partial charge in [0.25, 0.3) is 5.91 Å². The number of halogens is 2. The fraction of sp³-hybridized carbons (Fsp3) is 0.583. The molecule has 18 heavy (non-hydrogen) atoms. The van der Waals surface area contributed by atoms with Crippen molar-refractivity contribution in [1.29, 1.82) is 0 Å². The molecule has 0 saturated carbocycles. The van der Waals surface area contributed by atoms with Crippen molar-refractivity contribution < 1.29 is 9.21 Å². The van der Waals surface area contributed by atoms with E-state index in [1.165, 1.54) is 0 Å². The predicted molar refractivity (Wildman–Crippen MR) is 74.1 cm³/mol. The van der Waals surface area contributed by atoms with Crippen LogP contribution < -0.4 is 0 Å². The lowest BCUT2D eigenvalue weighted by Gasteiger charge is -2.20. The number of hydrogen-bond donors (Lipinski definition) is 0. The molecule has 2 heterocycles. The molecular formula is C12H16BrClN2O2. The maximum absolute atomic E-state index is 12.2. The lowest BCUT2D eigenvalue weighted by Crippen LogP contribution is -2.35. The topological polar surface area (TPSA) is 36.7 Å². The molecule has 1 aliphatic heterocycles. The molecule has 100 valence electrons. The molecule has 1 aromatic rings.